The van der Waals surface area contributed by atoms with Crippen molar-refractivity contribution in [2.45, 2.75) is 12.1 Å². The van der Waals surface area contributed by atoms with Gasteiger partial charge in [-0.15, -0.1) is 0 Å². The summed E-state index contributed by atoms with van der Waals surface area (Å²) in [5.74, 6) is -0.419. The number of nitrogens with zero attached hydrogens (tertiary/aromatic N) is 3. The number of rotatable bonds is 4. The molecule has 6 nitrogen and oxygen atoms in total. The highest BCUT2D eigenvalue weighted by molar-refractivity contribution is 7.98. The summed E-state index contributed by atoms with van der Waals surface area (Å²) in [5.41, 5.74) is 6.94. The van der Waals surface area contributed by atoms with E-state index in [4.69, 9.17) is 17.3 Å². The van der Waals surface area contributed by atoms with Crippen LogP contribution in [0, 0.1) is 6.92 Å². The molecule has 0 saturated heterocycles. The number of aromatic nitrogens is 3. The number of amides is 1. The van der Waals surface area contributed by atoms with Crippen molar-refractivity contribution >= 4 is 40.8 Å². The number of hydrogen-bond donors (Lipinski definition) is 2. The number of nitrogens with two attached hydrogens (primary N) is 1. The number of aryl methyl sites for hydroxylation is 1. The molecule has 0 saturated carbocycles. The molecule has 20 heavy (non-hydrogen) atoms. The molecule has 2 aromatic rings. The van der Waals surface area contributed by atoms with E-state index in [9.17, 15) is 4.79 Å². The fourth-order valence-electron chi connectivity index (χ4n) is 1.49. The Kier molecular flexibility index (Phi) is 4.41. The summed E-state index contributed by atoms with van der Waals surface area (Å²) in [6.07, 6.45) is 3.45. The van der Waals surface area contributed by atoms with Crippen molar-refractivity contribution in [2.75, 3.05) is 11.6 Å². The molecule has 8 heteroatoms. The normalized spacial score (nSPS) is 10.3. The number of anilines is 2. The van der Waals surface area contributed by atoms with Gasteiger partial charge in [-0.1, -0.05) is 23.4 Å². The van der Waals surface area contributed by atoms with Crippen LogP contribution in [-0.2, 0) is 0 Å². The molecule has 0 spiro atoms. The molecule has 0 aromatic carbocycles. The summed E-state index contributed by atoms with van der Waals surface area (Å²) in [6, 6.07) is 3.66. The number of pyridine rings is 1. The Bertz CT molecular complexity index is 647. The van der Waals surface area contributed by atoms with Gasteiger partial charge in [0.05, 0.1) is 11.9 Å². The van der Waals surface area contributed by atoms with E-state index in [1.54, 1.807) is 6.20 Å². The summed E-state index contributed by atoms with van der Waals surface area (Å²) in [7, 11) is 0. The Morgan fingerprint density at radius 2 is 2.15 bits per heavy atom. The standard InChI is InChI=1S/C12H12ClN5OS/c1-6-3-4-7(5-15-6)16-11-8(10(14)19)9(13)17-12(18-11)20-2/h3-5H,1-2H3,(H2,14,19)(H,16,17,18). The Morgan fingerprint density at radius 1 is 1.40 bits per heavy atom. The topological polar surface area (TPSA) is 93.8 Å². The number of carbonyl (C=O) groups is 1. The van der Waals surface area contributed by atoms with Crippen molar-refractivity contribution in [3.05, 3.63) is 34.7 Å². The van der Waals surface area contributed by atoms with E-state index in [0.717, 1.165) is 5.69 Å². The minimum atomic E-state index is -0.690. The van der Waals surface area contributed by atoms with Gasteiger partial charge in [-0.05, 0) is 25.3 Å². The van der Waals surface area contributed by atoms with Crippen molar-refractivity contribution in [3.63, 3.8) is 0 Å². The number of hydrogen-bond acceptors (Lipinski definition) is 6. The summed E-state index contributed by atoms with van der Waals surface area (Å²) in [4.78, 5) is 23.8. The predicted octanol–water partition coefficient (Wildman–Crippen LogP) is 2.40. The zero-order chi connectivity index (χ0) is 14.7. The van der Waals surface area contributed by atoms with Gasteiger partial charge >= 0.3 is 0 Å². The molecule has 0 unspecified atom stereocenters. The van der Waals surface area contributed by atoms with Gasteiger partial charge in [0.2, 0.25) is 0 Å². The highest BCUT2D eigenvalue weighted by atomic mass is 35.5. The van der Waals surface area contributed by atoms with Crippen LogP contribution in [0.2, 0.25) is 5.15 Å². The Hall–Kier alpha value is -1.86. The summed E-state index contributed by atoms with van der Waals surface area (Å²) in [5, 5.41) is 3.46. The third-order valence-electron chi connectivity index (χ3n) is 2.45. The van der Waals surface area contributed by atoms with E-state index in [1.165, 1.54) is 11.8 Å². The molecular formula is C12H12ClN5OS. The van der Waals surface area contributed by atoms with Gasteiger partial charge < -0.3 is 11.1 Å². The molecule has 0 radical (unpaired) electrons. The van der Waals surface area contributed by atoms with Gasteiger partial charge in [0.1, 0.15) is 16.5 Å². The van der Waals surface area contributed by atoms with Crippen LogP contribution in [-0.4, -0.2) is 27.1 Å². The second-order valence-electron chi connectivity index (χ2n) is 3.90. The molecule has 2 aromatic heterocycles. The molecule has 0 aliphatic rings. The molecule has 1 amide bonds. The van der Waals surface area contributed by atoms with Crippen molar-refractivity contribution in [1.29, 1.82) is 0 Å². The number of carbonyl (C=O) groups excluding carboxylic acids is 1. The molecule has 3 N–H and O–H groups in total. The monoisotopic (exact) mass is 309 g/mol. The molecule has 0 atom stereocenters. The summed E-state index contributed by atoms with van der Waals surface area (Å²) >= 11 is 7.30. The van der Waals surface area contributed by atoms with Gasteiger partial charge in [-0.25, -0.2) is 9.97 Å². The maximum atomic E-state index is 11.5. The summed E-state index contributed by atoms with van der Waals surface area (Å²) < 4.78 is 0. The highest BCUT2D eigenvalue weighted by Crippen LogP contribution is 2.26. The Labute approximate surface area is 125 Å². The van der Waals surface area contributed by atoms with E-state index in [0.29, 0.717) is 10.8 Å². The zero-order valence-electron chi connectivity index (χ0n) is 10.8. The maximum absolute atomic E-state index is 11.5. The van der Waals surface area contributed by atoms with Crippen LogP contribution in [0.25, 0.3) is 0 Å². The van der Waals surface area contributed by atoms with Crippen molar-refractivity contribution in [2.24, 2.45) is 5.73 Å². The average molecular weight is 310 g/mol. The first-order valence-corrected chi connectivity index (χ1v) is 7.22. The first-order chi connectivity index (χ1) is 9.51. The Balaban J connectivity index is 2.45. The fraction of sp³-hybridized carbons (Fsp3) is 0.167. The SMILES string of the molecule is CSc1nc(Cl)c(C(N)=O)c(Nc2ccc(C)nc2)n1. The number of nitrogens with one attached hydrogen (secondary N) is 1. The lowest BCUT2D eigenvalue weighted by Crippen LogP contribution is -2.16. The molecule has 0 bridgehead atoms. The van der Waals surface area contributed by atoms with E-state index >= 15 is 0 Å². The van der Waals surface area contributed by atoms with E-state index < -0.39 is 5.91 Å². The van der Waals surface area contributed by atoms with Crippen LogP contribution in [0.15, 0.2) is 23.5 Å². The van der Waals surface area contributed by atoms with Crippen LogP contribution >= 0.6 is 23.4 Å². The van der Waals surface area contributed by atoms with Gasteiger partial charge in [0.15, 0.2) is 5.16 Å². The minimum absolute atomic E-state index is 0.0272. The largest absolute Gasteiger partial charge is 0.365 e. The highest BCUT2D eigenvalue weighted by Gasteiger charge is 2.18. The predicted molar refractivity (Wildman–Crippen MR) is 79.6 cm³/mol. The van der Waals surface area contributed by atoms with Crippen LogP contribution in [0.5, 0.6) is 0 Å². The van der Waals surface area contributed by atoms with Gasteiger partial charge in [0, 0.05) is 5.69 Å². The second kappa shape index (κ2) is 6.06. The molecule has 0 fully saturated rings. The second-order valence-corrected chi connectivity index (χ2v) is 5.03. The van der Waals surface area contributed by atoms with Gasteiger partial charge in [0.25, 0.3) is 5.91 Å². The number of thioether (sulfide) groups is 1. The minimum Gasteiger partial charge on any atom is -0.365 e. The van der Waals surface area contributed by atoms with E-state index in [2.05, 4.69) is 20.3 Å². The van der Waals surface area contributed by atoms with Crippen LogP contribution in [0.1, 0.15) is 16.1 Å². The quantitative estimate of drug-likeness (QED) is 0.511. The molecule has 2 heterocycles. The van der Waals surface area contributed by atoms with E-state index in [1.807, 2.05) is 25.3 Å². The molecule has 2 rings (SSSR count). The van der Waals surface area contributed by atoms with Gasteiger partial charge in [-0.3, -0.25) is 9.78 Å². The molecule has 0 aliphatic heterocycles. The van der Waals surface area contributed by atoms with Crippen LogP contribution < -0.4 is 11.1 Å². The number of primary amides is 1. The fourth-order valence-corrected chi connectivity index (χ4v) is 2.17. The molecule has 104 valence electrons. The Morgan fingerprint density at radius 3 is 2.70 bits per heavy atom. The first kappa shape index (κ1) is 14.5. The first-order valence-electron chi connectivity index (χ1n) is 5.62. The lowest BCUT2D eigenvalue weighted by atomic mass is 10.3. The number of halogens is 1. The maximum Gasteiger partial charge on any atom is 0.255 e. The molecule has 0 aliphatic carbocycles. The zero-order valence-corrected chi connectivity index (χ0v) is 12.4. The van der Waals surface area contributed by atoms with E-state index in [-0.39, 0.29) is 16.5 Å². The molecular weight excluding hydrogens is 298 g/mol. The van der Waals surface area contributed by atoms with Crippen molar-refractivity contribution in [3.8, 4) is 0 Å². The van der Waals surface area contributed by atoms with Crippen LogP contribution in [0.3, 0.4) is 0 Å². The van der Waals surface area contributed by atoms with Crippen molar-refractivity contribution < 1.29 is 4.79 Å². The van der Waals surface area contributed by atoms with Gasteiger partial charge in [-0.2, -0.15) is 0 Å². The van der Waals surface area contributed by atoms with Crippen molar-refractivity contribution in [1.82, 2.24) is 15.0 Å². The third-order valence-corrected chi connectivity index (χ3v) is 3.27. The lowest BCUT2D eigenvalue weighted by Gasteiger charge is -2.11. The smallest absolute Gasteiger partial charge is 0.255 e. The summed E-state index contributed by atoms with van der Waals surface area (Å²) in [6.45, 7) is 1.88. The average Bonchev–Trinajstić information content (AvgIpc) is 2.40. The third kappa shape index (κ3) is 3.17. The lowest BCUT2D eigenvalue weighted by molar-refractivity contribution is 0.100. The van der Waals surface area contributed by atoms with Crippen LogP contribution in [0.4, 0.5) is 11.5 Å².